The first-order chi connectivity index (χ1) is 13.3. The lowest BCUT2D eigenvalue weighted by Gasteiger charge is -2.18. The maximum Gasteiger partial charge on any atom is 0.232 e. The summed E-state index contributed by atoms with van der Waals surface area (Å²) in [7, 11) is 1.64. The highest BCUT2D eigenvalue weighted by Gasteiger charge is 2.21. The lowest BCUT2D eigenvalue weighted by atomic mass is 9.97. The van der Waals surface area contributed by atoms with E-state index in [4.69, 9.17) is 14.0 Å². The van der Waals surface area contributed by atoms with Crippen LogP contribution in [0.25, 0.3) is 0 Å². The Morgan fingerprint density at radius 1 is 1.25 bits per heavy atom. The summed E-state index contributed by atoms with van der Waals surface area (Å²) in [6.45, 7) is 11.8. The fourth-order valence-electron chi connectivity index (χ4n) is 2.30. The third-order valence-electron chi connectivity index (χ3n) is 3.77. The SMILES string of the molecule is CCNC(=NCc1noc(C(C)(C)C)n1)NCC(C)Oc1cccc(OC)c1. The zero-order valence-corrected chi connectivity index (χ0v) is 17.6. The van der Waals surface area contributed by atoms with Crippen LogP contribution in [0.4, 0.5) is 0 Å². The molecule has 0 radical (unpaired) electrons. The van der Waals surface area contributed by atoms with E-state index in [1.54, 1.807) is 7.11 Å². The molecule has 2 N–H and O–H groups in total. The quantitative estimate of drug-likeness (QED) is 0.529. The zero-order chi connectivity index (χ0) is 20.6. The summed E-state index contributed by atoms with van der Waals surface area (Å²) in [5, 5.41) is 10.5. The fraction of sp³-hybridized carbons (Fsp3) is 0.550. The topological polar surface area (TPSA) is 93.8 Å². The molecular weight excluding hydrogens is 358 g/mol. The number of hydrogen-bond donors (Lipinski definition) is 2. The maximum atomic E-state index is 5.92. The Morgan fingerprint density at radius 2 is 2.00 bits per heavy atom. The summed E-state index contributed by atoms with van der Waals surface area (Å²) in [5.74, 6) is 3.36. The number of nitrogens with one attached hydrogen (secondary N) is 2. The minimum Gasteiger partial charge on any atom is -0.497 e. The van der Waals surface area contributed by atoms with Gasteiger partial charge in [0.05, 0.1) is 13.7 Å². The van der Waals surface area contributed by atoms with Crippen LogP contribution < -0.4 is 20.1 Å². The van der Waals surface area contributed by atoms with Crippen molar-refractivity contribution >= 4 is 5.96 Å². The highest BCUT2D eigenvalue weighted by Crippen LogP contribution is 2.20. The van der Waals surface area contributed by atoms with E-state index >= 15 is 0 Å². The first-order valence-corrected chi connectivity index (χ1v) is 9.47. The highest BCUT2D eigenvalue weighted by molar-refractivity contribution is 5.79. The van der Waals surface area contributed by atoms with E-state index in [1.807, 2.05) is 58.9 Å². The van der Waals surface area contributed by atoms with Crippen molar-refractivity contribution in [2.24, 2.45) is 4.99 Å². The molecule has 0 spiro atoms. The normalized spacial score (nSPS) is 13.1. The first-order valence-electron chi connectivity index (χ1n) is 9.47. The predicted molar refractivity (Wildman–Crippen MR) is 109 cm³/mol. The lowest BCUT2D eigenvalue weighted by Crippen LogP contribution is -2.41. The molecule has 0 saturated heterocycles. The number of guanidine groups is 1. The molecule has 0 fully saturated rings. The number of benzene rings is 1. The van der Waals surface area contributed by atoms with E-state index in [2.05, 4.69) is 25.8 Å². The fourth-order valence-corrected chi connectivity index (χ4v) is 2.30. The lowest BCUT2D eigenvalue weighted by molar-refractivity contribution is 0.223. The first kappa shape index (κ1) is 21.5. The highest BCUT2D eigenvalue weighted by atomic mass is 16.5. The summed E-state index contributed by atoms with van der Waals surface area (Å²) >= 11 is 0. The Kier molecular flexibility index (Phi) is 7.66. The molecule has 1 atom stereocenters. The van der Waals surface area contributed by atoms with Crippen molar-refractivity contribution in [2.75, 3.05) is 20.2 Å². The van der Waals surface area contributed by atoms with Crippen molar-refractivity contribution in [1.82, 2.24) is 20.8 Å². The van der Waals surface area contributed by atoms with Gasteiger partial charge in [-0.2, -0.15) is 4.98 Å². The van der Waals surface area contributed by atoms with Crippen LogP contribution in [0.3, 0.4) is 0 Å². The molecule has 1 aromatic heterocycles. The molecule has 154 valence electrons. The van der Waals surface area contributed by atoms with Gasteiger partial charge in [-0.3, -0.25) is 0 Å². The van der Waals surface area contributed by atoms with E-state index in [0.29, 0.717) is 30.8 Å². The molecule has 0 aliphatic carbocycles. The average molecular weight is 390 g/mol. The number of nitrogens with zero attached hydrogens (tertiary/aromatic N) is 3. The summed E-state index contributed by atoms with van der Waals surface area (Å²) in [5.41, 5.74) is -0.176. The smallest absolute Gasteiger partial charge is 0.232 e. The minimum atomic E-state index is -0.176. The number of aliphatic imine (C=N–C) groups is 1. The molecule has 8 nitrogen and oxygen atoms in total. The van der Waals surface area contributed by atoms with Crippen molar-refractivity contribution in [3.63, 3.8) is 0 Å². The second-order valence-corrected chi connectivity index (χ2v) is 7.45. The largest absolute Gasteiger partial charge is 0.497 e. The molecule has 28 heavy (non-hydrogen) atoms. The van der Waals surface area contributed by atoms with Crippen LogP contribution in [-0.2, 0) is 12.0 Å². The van der Waals surface area contributed by atoms with E-state index in [0.717, 1.165) is 18.0 Å². The molecule has 0 saturated carbocycles. The van der Waals surface area contributed by atoms with E-state index in [9.17, 15) is 0 Å². The molecular formula is C20H31N5O3. The van der Waals surface area contributed by atoms with Gasteiger partial charge in [0, 0.05) is 18.0 Å². The van der Waals surface area contributed by atoms with Gasteiger partial charge in [0.1, 0.15) is 24.1 Å². The number of rotatable bonds is 8. The Labute approximate surface area is 166 Å². The second-order valence-electron chi connectivity index (χ2n) is 7.45. The predicted octanol–water partition coefficient (Wildman–Crippen LogP) is 2.90. The average Bonchev–Trinajstić information content (AvgIpc) is 3.13. The van der Waals surface area contributed by atoms with Gasteiger partial charge in [0.15, 0.2) is 11.8 Å². The molecule has 0 aliphatic rings. The van der Waals surface area contributed by atoms with Gasteiger partial charge in [-0.1, -0.05) is 32.0 Å². The van der Waals surface area contributed by atoms with Crippen molar-refractivity contribution in [3.8, 4) is 11.5 Å². The van der Waals surface area contributed by atoms with Gasteiger partial charge in [0.2, 0.25) is 5.89 Å². The summed E-state index contributed by atoms with van der Waals surface area (Å²) in [4.78, 5) is 8.92. The van der Waals surface area contributed by atoms with Crippen LogP contribution in [0.2, 0.25) is 0 Å². The van der Waals surface area contributed by atoms with Crippen molar-refractivity contribution < 1.29 is 14.0 Å². The molecule has 2 rings (SSSR count). The van der Waals surface area contributed by atoms with Gasteiger partial charge in [-0.05, 0) is 26.0 Å². The maximum absolute atomic E-state index is 5.92. The Bertz CT molecular complexity index is 767. The third-order valence-corrected chi connectivity index (χ3v) is 3.77. The van der Waals surface area contributed by atoms with Crippen LogP contribution in [0.15, 0.2) is 33.8 Å². The molecule has 0 amide bonds. The standard InChI is InChI=1S/C20H31N5O3/c1-7-21-19(23-13-17-24-18(28-25-17)20(3,4)5)22-12-14(2)27-16-10-8-9-15(11-16)26-6/h8-11,14H,7,12-13H2,1-6H3,(H2,21,22,23). The van der Waals surface area contributed by atoms with Crippen LogP contribution in [0, 0.1) is 0 Å². The monoisotopic (exact) mass is 389 g/mol. The second kappa shape index (κ2) is 9.96. The summed E-state index contributed by atoms with van der Waals surface area (Å²) in [6.07, 6.45) is -0.0615. The van der Waals surface area contributed by atoms with Crippen LogP contribution in [0.1, 0.15) is 46.3 Å². The van der Waals surface area contributed by atoms with Gasteiger partial charge in [-0.25, -0.2) is 4.99 Å². The van der Waals surface area contributed by atoms with Crippen LogP contribution in [-0.4, -0.2) is 42.4 Å². The molecule has 1 unspecified atom stereocenters. The number of methoxy groups -OCH3 is 1. The molecule has 2 aromatic rings. The Hall–Kier alpha value is -2.77. The van der Waals surface area contributed by atoms with Crippen molar-refractivity contribution in [1.29, 1.82) is 0 Å². The number of aromatic nitrogens is 2. The Balaban J connectivity index is 1.90. The number of hydrogen-bond acceptors (Lipinski definition) is 6. The Morgan fingerprint density at radius 3 is 2.64 bits per heavy atom. The third kappa shape index (κ3) is 6.75. The zero-order valence-electron chi connectivity index (χ0n) is 17.6. The van der Waals surface area contributed by atoms with E-state index < -0.39 is 0 Å². The molecule has 8 heteroatoms. The molecule has 1 aromatic carbocycles. The van der Waals surface area contributed by atoms with Gasteiger partial charge < -0.3 is 24.6 Å². The molecule has 0 bridgehead atoms. The van der Waals surface area contributed by atoms with Crippen molar-refractivity contribution in [2.45, 2.75) is 52.7 Å². The molecule has 1 heterocycles. The van der Waals surface area contributed by atoms with E-state index in [1.165, 1.54) is 0 Å². The summed E-state index contributed by atoms with van der Waals surface area (Å²) in [6, 6.07) is 7.55. The van der Waals surface area contributed by atoms with Crippen LogP contribution in [0.5, 0.6) is 11.5 Å². The number of ether oxygens (including phenoxy) is 2. The summed E-state index contributed by atoms with van der Waals surface area (Å²) < 4.78 is 16.4. The van der Waals surface area contributed by atoms with Crippen molar-refractivity contribution in [3.05, 3.63) is 36.0 Å². The van der Waals surface area contributed by atoms with E-state index in [-0.39, 0.29) is 11.5 Å². The molecule has 0 aliphatic heterocycles. The van der Waals surface area contributed by atoms with Gasteiger partial charge in [-0.15, -0.1) is 0 Å². The minimum absolute atomic E-state index is 0.0615. The van der Waals surface area contributed by atoms with Gasteiger partial charge in [0.25, 0.3) is 0 Å². The van der Waals surface area contributed by atoms with Gasteiger partial charge >= 0.3 is 0 Å². The van der Waals surface area contributed by atoms with Crippen LogP contribution >= 0.6 is 0 Å².